The minimum atomic E-state index is -0.212. The lowest BCUT2D eigenvalue weighted by Gasteiger charge is -2.02. The fourth-order valence-electron chi connectivity index (χ4n) is 1.50. The summed E-state index contributed by atoms with van der Waals surface area (Å²) < 4.78 is 8.15. The van der Waals surface area contributed by atoms with Gasteiger partial charge in [-0.3, -0.25) is 9.13 Å². The highest BCUT2D eigenvalue weighted by atomic mass is 35.5. The second kappa shape index (κ2) is 5.07. The van der Waals surface area contributed by atoms with Crippen molar-refractivity contribution in [3.63, 3.8) is 0 Å². The normalized spacial score (nSPS) is 11.2. The van der Waals surface area contributed by atoms with Crippen LogP contribution in [0.25, 0.3) is 11.2 Å². The number of ether oxygens (including phenoxy) is 1. The van der Waals surface area contributed by atoms with E-state index < -0.39 is 0 Å². The number of rotatable bonds is 4. The molecule has 0 aliphatic rings. The summed E-state index contributed by atoms with van der Waals surface area (Å²) in [6, 6.07) is 0. The van der Waals surface area contributed by atoms with Gasteiger partial charge in [-0.2, -0.15) is 17.6 Å². The van der Waals surface area contributed by atoms with Crippen LogP contribution in [-0.4, -0.2) is 31.5 Å². The Morgan fingerprint density at radius 2 is 2.35 bits per heavy atom. The first-order chi connectivity index (χ1) is 8.15. The fourth-order valence-corrected chi connectivity index (χ4v) is 1.76. The molecule has 92 valence electrons. The third-order valence-electron chi connectivity index (χ3n) is 2.30. The third-order valence-corrected chi connectivity index (χ3v) is 2.67. The number of aromatic nitrogens is 4. The van der Waals surface area contributed by atoms with Crippen molar-refractivity contribution in [2.24, 2.45) is 7.05 Å². The van der Waals surface area contributed by atoms with Crippen molar-refractivity contribution < 1.29 is 4.74 Å². The highest BCUT2D eigenvalue weighted by Crippen LogP contribution is 2.11. The van der Waals surface area contributed by atoms with Crippen LogP contribution in [0.5, 0.6) is 0 Å². The number of hydrogen-bond acceptors (Lipinski definition) is 5. The predicted octanol–water partition coefficient (Wildman–Crippen LogP) is 0.687. The van der Waals surface area contributed by atoms with Crippen molar-refractivity contribution in [3.05, 3.63) is 22.0 Å². The smallest absolute Gasteiger partial charge is 0.332 e. The second-order valence-electron chi connectivity index (χ2n) is 3.38. The van der Waals surface area contributed by atoms with Crippen LogP contribution >= 0.6 is 24.2 Å². The molecule has 2 aromatic rings. The van der Waals surface area contributed by atoms with E-state index in [0.717, 1.165) is 0 Å². The summed E-state index contributed by atoms with van der Waals surface area (Å²) in [6.07, 6.45) is 1.51. The summed E-state index contributed by atoms with van der Waals surface area (Å²) in [7, 11) is 1.63. The molecule has 2 rings (SSSR count). The molecule has 0 fully saturated rings. The Morgan fingerprint density at radius 1 is 1.59 bits per heavy atom. The first kappa shape index (κ1) is 12.4. The lowest BCUT2D eigenvalue weighted by atomic mass is 10.5. The van der Waals surface area contributed by atoms with Crippen LogP contribution in [0, 0.1) is 0 Å². The van der Waals surface area contributed by atoms with Crippen LogP contribution in [0.3, 0.4) is 0 Å². The van der Waals surface area contributed by atoms with E-state index in [0.29, 0.717) is 23.5 Å². The summed E-state index contributed by atoms with van der Waals surface area (Å²) in [4.78, 5) is 19.8. The van der Waals surface area contributed by atoms with Crippen molar-refractivity contribution in [2.75, 3.05) is 12.4 Å². The number of fused-ring (bicyclic) bond motifs is 1. The lowest BCUT2D eigenvalue weighted by molar-refractivity contribution is 0.0901. The summed E-state index contributed by atoms with van der Waals surface area (Å²) in [5.41, 5.74) is 0.876. The summed E-state index contributed by atoms with van der Waals surface area (Å²) in [5, 5.41) is 0.113. The largest absolute Gasteiger partial charge is 0.360 e. The second-order valence-corrected chi connectivity index (χ2v) is 4.16. The number of nitrogens with zero attached hydrogens (tertiary/aromatic N) is 4. The highest BCUT2D eigenvalue weighted by molar-refractivity contribution is 7.80. The molecule has 0 spiro atoms. The Bertz CT molecular complexity index is 594. The van der Waals surface area contributed by atoms with Gasteiger partial charge >= 0.3 is 5.69 Å². The van der Waals surface area contributed by atoms with E-state index in [4.69, 9.17) is 16.3 Å². The minimum Gasteiger partial charge on any atom is -0.360 e. The van der Waals surface area contributed by atoms with Crippen molar-refractivity contribution in [3.8, 4) is 0 Å². The molecule has 0 aromatic carbocycles. The van der Waals surface area contributed by atoms with E-state index in [1.165, 1.54) is 15.3 Å². The van der Waals surface area contributed by atoms with Gasteiger partial charge in [-0.25, -0.2) is 9.78 Å². The van der Waals surface area contributed by atoms with Gasteiger partial charge in [0.1, 0.15) is 12.2 Å². The molecule has 0 unspecified atom stereocenters. The van der Waals surface area contributed by atoms with E-state index in [1.54, 1.807) is 7.05 Å². The fraction of sp³-hybridized carbons (Fsp3) is 0.444. The number of imidazole rings is 1. The van der Waals surface area contributed by atoms with Crippen molar-refractivity contribution >= 4 is 35.4 Å². The van der Waals surface area contributed by atoms with Crippen LogP contribution in [-0.2, 0) is 18.5 Å². The molecule has 0 amide bonds. The van der Waals surface area contributed by atoms with Crippen LogP contribution < -0.4 is 5.69 Å². The quantitative estimate of drug-likeness (QED) is 0.506. The molecule has 8 heteroatoms. The SMILES string of the molecule is Cn1c(=O)n(COCCS)c2cnc(Cl)nc21. The van der Waals surface area contributed by atoms with Crippen LogP contribution in [0.1, 0.15) is 0 Å². The highest BCUT2D eigenvalue weighted by Gasteiger charge is 2.12. The van der Waals surface area contributed by atoms with Crippen molar-refractivity contribution in [1.82, 2.24) is 19.1 Å². The van der Waals surface area contributed by atoms with E-state index in [9.17, 15) is 4.79 Å². The minimum absolute atomic E-state index is 0.113. The molecule has 0 radical (unpaired) electrons. The van der Waals surface area contributed by atoms with Crippen molar-refractivity contribution in [2.45, 2.75) is 6.73 Å². The molecule has 17 heavy (non-hydrogen) atoms. The molecule has 6 nitrogen and oxygen atoms in total. The van der Waals surface area contributed by atoms with Gasteiger partial charge in [-0.05, 0) is 11.6 Å². The zero-order chi connectivity index (χ0) is 12.4. The monoisotopic (exact) mass is 274 g/mol. The lowest BCUT2D eigenvalue weighted by Crippen LogP contribution is -2.23. The number of aryl methyl sites for hydroxylation is 1. The van der Waals surface area contributed by atoms with E-state index >= 15 is 0 Å². The molecule has 2 heterocycles. The Morgan fingerprint density at radius 3 is 3.06 bits per heavy atom. The average molecular weight is 275 g/mol. The van der Waals surface area contributed by atoms with Gasteiger partial charge in [0.2, 0.25) is 5.28 Å². The van der Waals surface area contributed by atoms with Gasteiger partial charge in [0.05, 0.1) is 12.8 Å². The van der Waals surface area contributed by atoms with E-state index in [1.807, 2.05) is 0 Å². The maximum atomic E-state index is 11.9. The zero-order valence-electron chi connectivity index (χ0n) is 9.13. The maximum absolute atomic E-state index is 11.9. The number of hydrogen-bond donors (Lipinski definition) is 1. The number of halogens is 1. The summed E-state index contributed by atoms with van der Waals surface area (Å²) in [6.45, 7) is 0.627. The van der Waals surface area contributed by atoms with Gasteiger partial charge in [-0.1, -0.05) is 0 Å². The number of thiol groups is 1. The zero-order valence-corrected chi connectivity index (χ0v) is 10.8. The first-order valence-electron chi connectivity index (χ1n) is 4.91. The predicted molar refractivity (Wildman–Crippen MR) is 67.6 cm³/mol. The van der Waals surface area contributed by atoms with Gasteiger partial charge in [-0.15, -0.1) is 0 Å². The van der Waals surface area contributed by atoms with Crippen LogP contribution in [0.2, 0.25) is 5.28 Å². The summed E-state index contributed by atoms with van der Waals surface area (Å²) >= 11 is 9.72. The van der Waals surface area contributed by atoms with E-state index in [2.05, 4.69) is 22.6 Å². The molecule has 0 saturated carbocycles. The Hall–Kier alpha value is -1.05. The van der Waals surface area contributed by atoms with E-state index in [-0.39, 0.29) is 17.7 Å². The van der Waals surface area contributed by atoms with Crippen molar-refractivity contribution in [1.29, 1.82) is 0 Å². The van der Waals surface area contributed by atoms with Gasteiger partial charge in [0, 0.05) is 12.8 Å². The molecule has 0 N–H and O–H groups in total. The molecule has 0 aliphatic heterocycles. The first-order valence-corrected chi connectivity index (χ1v) is 5.92. The Balaban J connectivity index is 2.48. The third kappa shape index (κ3) is 2.31. The van der Waals surface area contributed by atoms with Crippen LogP contribution in [0.4, 0.5) is 0 Å². The molecule has 0 bridgehead atoms. The molecular weight excluding hydrogens is 264 g/mol. The maximum Gasteiger partial charge on any atom is 0.332 e. The van der Waals surface area contributed by atoms with Gasteiger partial charge in [0.25, 0.3) is 0 Å². The standard InChI is InChI=1S/C9H11ClN4O2S/c1-13-7-6(4-11-8(10)12-7)14(9(13)15)5-16-2-3-17/h4,17H,2-3,5H2,1H3. The molecule has 0 aliphatic carbocycles. The Kier molecular flexibility index (Phi) is 3.70. The van der Waals surface area contributed by atoms with Crippen LogP contribution in [0.15, 0.2) is 11.0 Å². The molecule has 2 aromatic heterocycles. The van der Waals surface area contributed by atoms with Gasteiger partial charge in [0.15, 0.2) is 5.65 Å². The molecule has 0 saturated heterocycles. The summed E-state index contributed by atoms with van der Waals surface area (Å²) in [5.74, 6) is 0.599. The Labute approximate surface area is 108 Å². The topological polar surface area (TPSA) is 61.9 Å². The average Bonchev–Trinajstić information content (AvgIpc) is 2.54. The van der Waals surface area contributed by atoms with Gasteiger partial charge < -0.3 is 4.74 Å². The molecule has 0 atom stereocenters. The molecular formula is C9H11ClN4O2S.